The molecular formula is C22H26ClN3O5. The molecular weight excluding hydrogens is 422 g/mol. The number of aliphatic hydroxyl groups excluding tert-OH is 1. The van der Waals surface area contributed by atoms with E-state index >= 15 is 0 Å². The van der Waals surface area contributed by atoms with E-state index in [1.165, 1.54) is 6.92 Å². The lowest BCUT2D eigenvalue weighted by molar-refractivity contribution is -0.135. The summed E-state index contributed by atoms with van der Waals surface area (Å²) in [5.74, 6) is -1.39. The highest BCUT2D eigenvalue weighted by Crippen LogP contribution is 2.15. The number of carbonyl (C=O) groups is 3. The third-order valence-corrected chi connectivity index (χ3v) is 4.93. The van der Waals surface area contributed by atoms with Gasteiger partial charge in [0.2, 0.25) is 11.8 Å². The van der Waals surface area contributed by atoms with Crippen molar-refractivity contribution in [2.24, 2.45) is 0 Å². The van der Waals surface area contributed by atoms with Crippen LogP contribution in [0.2, 0.25) is 5.02 Å². The van der Waals surface area contributed by atoms with Crippen LogP contribution in [0.25, 0.3) is 0 Å². The van der Waals surface area contributed by atoms with E-state index in [1.807, 2.05) is 19.1 Å². The van der Waals surface area contributed by atoms with Crippen LogP contribution >= 0.6 is 11.6 Å². The molecule has 3 amide bonds. The van der Waals surface area contributed by atoms with Gasteiger partial charge in [0.15, 0.2) is 5.54 Å². The van der Waals surface area contributed by atoms with Crippen molar-refractivity contribution in [3.05, 3.63) is 64.7 Å². The van der Waals surface area contributed by atoms with Crippen molar-refractivity contribution < 1.29 is 24.2 Å². The lowest BCUT2D eigenvalue weighted by Crippen LogP contribution is -2.60. The molecule has 2 rings (SSSR count). The summed E-state index contributed by atoms with van der Waals surface area (Å²) in [6.07, 6.45) is 0.0874. The fourth-order valence-corrected chi connectivity index (χ4v) is 2.91. The molecule has 0 aliphatic heterocycles. The Balaban J connectivity index is 2.01. The van der Waals surface area contributed by atoms with E-state index in [-0.39, 0.29) is 6.54 Å². The SMILES string of the molecule is CCc1ccc(NC(=O)OCC(C)(NC(=O)CO)C(=O)NCc2ccccc2Cl)cc1. The third kappa shape index (κ3) is 7.27. The van der Waals surface area contributed by atoms with Gasteiger partial charge < -0.3 is 20.5 Å². The number of hydrogen-bond donors (Lipinski definition) is 4. The molecule has 1 atom stereocenters. The number of nitrogens with one attached hydrogen (secondary N) is 3. The van der Waals surface area contributed by atoms with E-state index in [1.54, 1.807) is 36.4 Å². The molecule has 166 valence electrons. The third-order valence-electron chi connectivity index (χ3n) is 4.56. The zero-order chi connectivity index (χ0) is 22.9. The molecule has 0 radical (unpaired) electrons. The predicted octanol–water partition coefficient (Wildman–Crippen LogP) is 2.63. The number of benzene rings is 2. The number of hydrogen-bond acceptors (Lipinski definition) is 5. The van der Waals surface area contributed by atoms with E-state index < -0.39 is 36.7 Å². The zero-order valence-corrected chi connectivity index (χ0v) is 18.2. The Kier molecular flexibility index (Phi) is 8.84. The van der Waals surface area contributed by atoms with Gasteiger partial charge >= 0.3 is 6.09 Å². The molecule has 0 spiro atoms. The molecule has 2 aromatic rings. The van der Waals surface area contributed by atoms with Crippen molar-refractivity contribution in [2.45, 2.75) is 32.4 Å². The largest absolute Gasteiger partial charge is 0.446 e. The molecule has 0 aromatic heterocycles. The van der Waals surface area contributed by atoms with Gasteiger partial charge in [-0.3, -0.25) is 14.9 Å². The molecule has 8 nitrogen and oxygen atoms in total. The van der Waals surface area contributed by atoms with Crippen molar-refractivity contribution in [2.75, 3.05) is 18.5 Å². The average molecular weight is 448 g/mol. The number of aryl methyl sites for hydroxylation is 1. The molecule has 0 saturated carbocycles. The topological polar surface area (TPSA) is 117 Å². The second-order valence-electron chi connectivity index (χ2n) is 7.06. The van der Waals surface area contributed by atoms with Gasteiger partial charge in [0, 0.05) is 17.3 Å². The van der Waals surface area contributed by atoms with Crippen LogP contribution in [0.3, 0.4) is 0 Å². The van der Waals surface area contributed by atoms with E-state index in [4.69, 9.17) is 21.4 Å². The molecule has 1 unspecified atom stereocenters. The number of aliphatic hydroxyl groups is 1. The first-order valence-corrected chi connectivity index (χ1v) is 10.1. The van der Waals surface area contributed by atoms with E-state index in [0.29, 0.717) is 16.3 Å². The fourth-order valence-electron chi connectivity index (χ4n) is 2.71. The fraction of sp³-hybridized carbons (Fsp3) is 0.318. The molecule has 4 N–H and O–H groups in total. The van der Waals surface area contributed by atoms with Crippen LogP contribution in [-0.2, 0) is 27.3 Å². The maximum absolute atomic E-state index is 12.8. The van der Waals surface area contributed by atoms with E-state index in [2.05, 4.69) is 16.0 Å². The highest BCUT2D eigenvalue weighted by atomic mass is 35.5. The van der Waals surface area contributed by atoms with Crippen molar-refractivity contribution in [1.82, 2.24) is 10.6 Å². The first kappa shape index (κ1) is 24.2. The molecule has 2 aromatic carbocycles. The Labute approximate surface area is 185 Å². The minimum Gasteiger partial charge on any atom is -0.446 e. The smallest absolute Gasteiger partial charge is 0.411 e. The van der Waals surface area contributed by atoms with Crippen molar-refractivity contribution in [1.29, 1.82) is 0 Å². The summed E-state index contributed by atoms with van der Waals surface area (Å²) >= 11 is 6.10. The second-order valence-corrected chi connectivity index (χ2v) is 7.47. The van der Waals surface area contributed by atoms with Crippen LogP contribution in [0, 0.1) is 0 Å². The maximum atomic E-state index is 12.8. The molecule has 0 aliphatic carbocycles. The second kappa shape index (κ2) is 11.3. The Morgan fingerprint density at radius 2 is 1.77 bits per heavy atom. The summed E-state index contributed by atoms with van der Waals surface area (Å²) in [4.78, 5) is 36.7. The van der Waals surface area contributed by atoms with Crippen molar-refractivity contribution >= 4 is 35.2 Å². The van der Waals surface area contributed by atoms with Gasteiger partial charge in [-0.15, -0.1) is 0 Å². The Morgan fingerprint density at radius 3 is 2.39 bits per heavy atom. The maximum Gasteiger partial charge on any atom is 0.411 e. The number of amides is 3. The van der Waals surface area contributed by atoms with Crippen LogP contribution < -0.4 is 16.0 Å². The molecule has 9 heteroatoms. The average Bonchev–Trinajstić information content (AvgIpc) is 2.77. The first-order valence-electron chi connectivity index (χ1n) is 9.73. The van der Waals surface area contributed by atoms with Gasteiger partial charge in [-0.1, -0.05) is 48.9 Å². The lowest BCUT2D eigenvalue weighted by atomic mass is 10.0. The summed E-state index contributed by atoms with van der Waals surface area (Å²) in [7, 11) is 0. The Hall–Kier alpha value is -3.10. The van der Waals surface area contributed by atoms with Crippen LogP contribution in [0.15, 0.2) is 48.5 Å². The van der Waals surface area contributed by atoms with Gasteiger partial charge in [0.25, 0.3) is 0 Å². The Bertz CT molecular complexity index is 920. The van der Waals surface area contributed by atoms with Gasteiger partial charge in [-0.25, -0.2) is 4.79 Å². The van der Waals surface area contributed by atoms with Gasteiger partial charge in [0.05, 0.1) is 0 Å². The molecule has 0 bridgehead atoms. The van der Waals surface area contributed by atoms with Gasteiger partial charge in [-0.2, -0.15) is 0 Å². The number of anilines is 1. The number of carbonyl (C=O) groups excluding carboxylic acids is 3. The standard InChI is InChI=1S/C22H26ClN3O5/c1-3-15-8-10-17(11-9-15)25-21(30)31-14-22(2,26-19(28)13-27)20(29)24-12-16-6-4-5-7-18(16)23/h4-11,27H,3,12-14H2,1-2H3,(H,24,29)(H,25,30)(H,26,28). The predicted molar refractivity (Wildman–Crippen MR) is 118 cm³/mol. The molecule has 0 fully saturated rings. The molecule has 0 aliphatic rings. The first-order chi connectivity index (χ1) is 14.8. The summed E-state index contributed by atoms with van der Waals surface area (Å²) in [6, 6.07) is 14.2. The number of rotatable bonds is 9. The number of ether oxygens (including phenoxy) is 1. The monoisotopic (exact) mass is 447 g/mol. The summed E-state index contributed by atoms with van der Waals surface area (Å²) in [6.45, 7) is 2.26. The quantitative estimate of drug-likeness (QED) is 0.471. The Morgan fingerprint density at radius 1 is 1.10 bits per heavy atom. The molecule has 31 heavy (non-hydrogen) atoms. The van der Waals surface area contributed by atoms with E-state index in [0.717, 1.165) is 12.0 Å². The normalized spacial score (nSPS) is 12.4. The van der Waals surface area contributed by atoms with Crippen molar-refractivity contribution in [3.8, 4) is 0 Å². The van der Waals surface area contributed by atoms with Gasteiger partial charge in [-0.05, 0) is 42.7 Å². The summed E-state index contributed by atoms with van der Waals surface area (Å²) in [5.41, 5.74) is 0.729. The van der Waals surface area contributed by atoms with Crippen LogP contribution in [0.5, 0.6) is 0 Å². The van der Waals surface area contributed by atoms with Crippen LogP contribution in [0.1, 0.15) is 25.0 Å². The minimum atomic E-state index is -1.61. The molecule has 0 heterocycles. The summed E-state index contributed by atoms with van der Waals surface area (Å²) in [5, 5.41) is 17.2. The summed E-state index contributed by atoms with van der Waals surface area (Å²) < 4.78 is 5.18. The molecule has 0 saturated heterocycles. The minimum absolute atomic E-state index is 0.110. The van der Waals surface area contributed by atoms with Gasteiger partial charge in [0.1, 0.15) is 13.2 Å². The highest BCUT2D eigenvalue weighted by molar-refractivity contribution is 6.31. The lowest BCUT2D eigenvalue weighted by Gasteiger charge is -2.29. The zero-order valence-electron chi connectivity index (χ0n) is 17.4. The van der Waals surface area contributed by atoms with Crippen LogP contribution in [-0.4, -0.2) is 41.8 Å². The number of halogens is 1. The highest BCUT2D eigenvalue weighted by Gasteiger charge is 2.36. The van der Waals surface area contributed by atoms with Crippen LogP contribution in [0.4, 0.5) is 10.5 Å². The van der Waals surface area contributed by atoms with Crippen molar-refractivity contribution in [3.63, 3.8) is 0 Å². The van der Waals surface area contributed by atoms with E-state index in [9.17, 15) is 14.4 Å².